The maximum atomic E-state index is 12.4. The van der Waals surface area contributed by atoms with Crippen LogP contribution in [-0.4, -0.2) is 17.0 Å². The smallest absolute Gasteiger partial charge is 0.221 e. The Hall–Kier alpha value is -4.20. The molecule has 7 nitrogen and oxygen atoms in total. The second-order valence-electron chi connectivity index (χ2n) is 7.27. The summed E-state index contributed by atoms with van der Waals surface area (Å²) in [6.07, 6.45) is 6.79. The first-order chi connectivity index (χ1) is 15.8. The van der Waals surface area contributed by atoms with E-state index in [0.29, 0.717) is 0 Å². The molecule has 3 aromatic rings. The van der Waals surface area contributed by atoms with Crippen molar-refractivity contribution in [3.05, 3.63) is 94.2 Å². The quantitative estimate of drug-likeness (QED) is 0.325. The molecule has 7 heteroatoms. The van der Waals surface area contributed by atoms with E-state index in [-0.39, 0.29) is 45.2 Å². The Morgan fingerprint density at radius 1 is 0.758 bits per heavy atom. The SMILES string of the molecule is CC(=O)Nc1cc(NC(C)=O)c(C=Cc2ccccc2)c(N([O-])O)c1C=Cc1ccccc1. The van der Waals surface area contributed by atoms with Crippen molar-refractivity contribution < 1.29 is 14.8 Å². The standard InChI is InChI=1S/C26H24N3O4/c1-18(30)27-24-17-25(28-19(2)31)23(16-14-21-11-7-4-8-12-21)26(29(32)33)22(24)15-13-20-9-5-3-6-10-20/h3-17,32H,1-2H3,(H,27,30)(H,28,31)/q-1. The third-order valence-electron chi connectivity index (χ3n) is 4.68. The molecule has 0 unspecified atom stereocenters. The second-order valence-corrected chi connectivity index (χ2v) is 7.27. The van der Waals surface area contributed by atoms with Crippen molar-refractivity contribution in [1.29, 1.82) is 0 Å². The molecule has 0 atom stereocenters. The van der Waals surface area contributed by atoms with Gasteiger partial charge in [-0.15, -0.1) is 0 Å². The van der Waals surface area contributed by atoms with Gasteiger partial charge < -0.3 is 21.1 Å². The molecule has 0 radical (unpaired) electrons. The first-order valence-corrected chi connectivity index (χ1v) is 10.2. The highest BCUT2D eigenvalue weighted by Gasteiger charge is 2.18. The van der Waals surface area contributed by atoms with Crippen molar-refractivity contribution in [2.75, 3.05) is 15.9 Å². The van der Waals surface area contributed by atoms with Crippen LogP contribution in [0, 0.1) is 5.21 Å². The van der Waals surface area contributed by atoms with Crippen LogP contribution in [0.3, 0.4) is 0 Å². The maximum Gasteiger partial charge on any atom is 0.221 e. The number of anilines is 3. The fourth-order valence-corrected chi connectivity index (χ4v) is 3.32. The van der Waals surface area contributed by atoms with Gasteiger partial charge in [-0.05, 0) is 17.2 Å². The van der Waals surface area contributed by atoms with Crippen molar-refractivity contribution in [1.82, 2.24) is 0 Å². The summed E-state index contributed by atoms with van der Waals surface area (Å²) in [6, 6.07) is 20.3. The van der Waals surface area contributed by atoms with Crippen LogP contribution in [0.25, 0.3) is 24.3 Å². The second kappa shape index (κ2) is 10.9. The van der Waals surface area contributed by atoms with E-state index in [0.717, 1.165) is 11.1 Å². The summed E-state index contributed by atoms with van der Waals surface area (Å²) in [5, 5.41) is 27.5. The Morgan fingerprint density at radius 3 is 1.48 bits per heavy atom. The zero-order valence-corrected chi connectivity index (χ0v) is 18.3. The normalized spacial score (nSPS) is 11.0. The molecule has 0 saturated carbocycles. The van der Waals surface area contributed by atoms with Gasteiger partial charge in [-0.2, -0.15) is 0 Å². The molecule has 0 bridgehead atoms. The Labute approximate surface area is 192 Å². The van der Waals surface area contributed by atoms with Gasteiger partial charge in [0.1, 0.15) is 0 Å². The van der Waals surface area contributed by atoms with Gasteiger partial charge in [-0.3, -0.25) is 14.8 Å². The van der Waals surface area contributed by atoms with Crippen LogP contribution in [0.1, 0.15) is 36.1 Å². The summed E-state index contributed by atoms with van der Waals surface area (Å²) >= 11 is 0. The van der Waals surface area contributed by atoms with Gasteiger partial charge in [0.25, 0.3) is 0 Å². The van der Waals surface area contributed by atoms with E-state index in [4.69, 9.17) is 0 Å². The number of rotatable bonds is 7. The van der Waals surface area contributed by atoms with Crippen molar-refractivity contribution in [2.45, 2.75) is 13.8 Å². The van der Waals surface area contributed by atoms with Crippen molar-refractivity contribution in [3.8, 4) is 0 Å². The first kappa shape index (κ1) is 23.5. The van der Waals surface area contributed by atoms with Crippen molar-refractivity contribution in [3.63, 3.8) is 0 Å². The minimum atomic E-state index is -0.368. The number of hydrogen-bond acceptors (Lipinski definition) is 5. The molecule has 0 aliphatic carbocycles. The predicted molar refractivity (Wildman–Crippen MR) is 133 cm³/mol. The number of hydrogen-bond donors (Lipinski definition) is 3. The first-order valence-electron chi connectivity index (χ1n) is 10.2. The number of benzene rings is 3. The largest absolute Gasteiger partial charge is 0.733 e. The lowest BCUT2D eigenvalue weighted by atomic mass is 9.99. The van der Waals surface area contributed by atoms with Crippen LogP contribution in [-0.2, 0) is 9.59 Å². The van der Waals surface area contributed by atoms with Gasteiger partial charge in [0, 0.05) is 25.0 Å². The molecular formula is C26H24N3O4-. The summed E-state index contributed by atoms with van der Waals surface area (Å²) in [5.74, 6) is -0.737. The molecule has 3 N–H and O–H groups in total. The van der Waals surface area contributed by atoms with E-state index in [1.165, 1.54) is 13.8 Å². The van der Waals surface area contributed by atoms with Crippen LogP contribution >= 0.6 is 0 Å². The third-order valence-corrected chi connectivity index (χ3v) is 4.68. The van der Waals surface area contributed by atoms with E-state index in [2.05, 4.69) is 10.6 Å². The molecule has 0 aromatic heterocycles. The summed E-state index contributed by atoms with van der Waals surface area (Å²) in [4.78, 5) is 23.7. The minimum absolute atomic E-state index is 0.121. The van der Waals surface area contributed by atoms with Crippen LogP contribution in [0.15, 0.2) is 66.7 Å². The van der Waals surface area contributed by atoms with Gasteiger partial charge in [-0.1, -0.05) is 85.0 Å². The molecule has 2 amide bonds. The Bertz CT molecular complexity index is 1100. The lowest BCUT2D eigenvalue weighted by Crippen LogP contribution is -2.17. The fourth-order valence-electron chi connectivity index (χ4n) is 3.32. The van der Waals surface area contributed by atoms with Gasteiger partial charge >= 0.3 is 0 Å². The highest BCUT2D eigenvalue weighted by molar-refractivity contribution is 6.03. The summed E-state index contributed by atoms with van der Waals surface area (Å²) in [5.41, 5.74) is 2.70. The van der Waals surface area contributed by atoms with E-state index in [9.17, 15) is 20.0 Å². The molecule has 33 heavy (non-hydrogen) atoms. The van der Waals surface area contributed by atoms with E-state index in [1.807, 2.05) is 60.7 Å². The molecule has 0 aliphatic heterocycles. The van der Waals surface area contributed by atoms with E-state index in [1.54, 1.807) is 30.4 Å². The molecule has 168 valence electrons. The molecule has 3 aromatic carbocycles. The molecule has 0 fully saturated rings. The highest BCUT2D eigenvalue weighted by Crippen LogP contribution is 2.39. The van der Waals surface area contributed by atoms with Crippen LogP contribution in [0.2, 0.25) is 0 Å². The van der Waals surface area contributed by atoms with Gasteiger partial charge in [-0.25, -0.2) is 0 Å². The highest BCUT2D eigenvalue weighted by atomic mass is 16.8. The van der Waals surface area contributed by atoms with Crippen molar-refractivity contribution in [2.24, 2.45) is 0 Å². The number of carbonyl (C=O) groups is 2. The molecule has 0 saturated heterocycles. The minimum Gasteiger partial charge on any atom is -0.733 e. The van der Waals surface area contributed by atoms with Crippen LogP contribution in [0.5, 0.6) is 0 Å². The van der Waals surface area contributed by atoms with Gasteiger partial charge in [0.15, 0.2) is 0 Å². The van der Waals surface area contributed by atoms with Crippen molar-refractivity contribution >= 4 is 53.2 Å². The zero-order chi connectivity index (χ0) is 23.8. The number of amides is 2. The molecule has 0 spiro atoms. The van der Waals surface area contributed by atoms with Gasteiger partial charge in [0.2, 0.25) is 11.8 Å². The Kier molecular flexibility index (Phi) is 7.75. The summed E-state index contributed by atoms with van der Waals surface area (Å²) in [6.45, 7) is 2.67. The molecule has 0 heterocycles. The van der Waals surface area contributed by atoms with Crippen LogP contribution in [0.4, 0.5) is 17.1 Å². The number of nitrogens with one attached hydrogen (secondary N) is 2. The monoisotopic (exact) mass is 442 g/mol. The molecular weight excluding hydrogens is 418 g/mol. The predicted octanol–water partition coefficient (Wildman–Crippen LogP) is 5.64. The average molecular weight is 442 g/mol. The molecule has 3 rings (SSSR count). The van der Waals surface area contributed by atoms with Gasteiger partial charge in [0.05, 0.1) is 17.1 Å². The zero-order valence-electron chi connectivity index (χ0n) is 18.3. The van der Waals surface area contributed by atoms with E-state index >= 15 is 0 Å². The number of carbonyl (C=O) groups excluding carboxylic acids is 2. The maximum absolute atomic E-state index is 12.4. The Balaban J connectivity index is 2.25. The van der Waals surface area contributed by atoms with E-state index < -0.39 is 0 Å². The molecule has 0 aliphatic rings. The third kappa shape index (κ3) is 6.39. The number of nitrogens with zero attached hydrogens (tertiary/aromatic N) is 1. The average Bonchev–Trinajstić information content (AvgIpc) is 2.77. The van der Waals surface area contributed by atoms with Crippen LogP contribution < -0.4 is 15.9 Å². The lowest BCUT2D eigenvalue weighted by Gasteiger charge is -2.29. The summed E-state index contributed by atoms with van der Waals surface area (Å²) in [7, 11) is 0. The lowest BCUT2D eigenvalue weighted by molar-refractivity contribution is -0.115. The summed E-state index contributed by atoms with van der Waals surface area (Å²) < 4.78 is 0. The Morgan fingerprint density at radius 2 is 1.15 bits per heavy atom. The fraction of sp³-hybridized carbons (Fsp3) is 0.0769. The topological polar surface area (TPSA) is 105 Å².